The number of hydrogen-bond acceptors (Lipinski definition) is 1. The van der Waals surface area contributed by atoms with E-state index in [1.165, 1.54) is 16.6 Å². The molecule has 0 amide bonds. The van der Waals surface area contributed by atoms with Crippen molar-refractivity contribution in [1.82, 2.24) is 4.98 Å². The van der Waals surface area contributed by atoms with Crippen molar-refractivity contribution in [3.63, 3.8) is 0 Å². The Balaban J connectivity index is 2.86. The predicted octanol–water partition coefficient (Wildman–Crippen LogP) is 4.57. The molecule has 2 nitrogen and oxygen atoms in total. The first-order valence-corrected chi connectivity index (χ1v) is 6.71. The summed E-state index contributed by atoms with van der Waals surface area (Å²) in [6, 6.07) is 2.06. The van der Waals surface area contributed by atoms with E-state index < -0.39 is 0 Å². The highest BCUT2D eigenvalue weighted by Gasteiger charge is 2.15. The normalized spacial score (nSPS) is 11.1. The van der Waals surface area contributed by atoms with Crippen molar-refractivity contribution >= 4 is 42.8 Å². The quantitative estimate of drug-likeness (QED) is 0.846. The van der Waals surface area contributed by atoms with Gasteiger partial charge in [-0.15, -0.1) is 0 Å². The number of hydrogen-bond donors (Lipinski definition) is 1. The molecule has 0 aliphatic heterocycles. The van der Waals surface area contributed by atoms with Crippen LogP contribution in [-0.2, 0) is 6.42 Å². The van der Waals surface area contributed by atoms with Crippen molar-refractivity contribution in [3.05, 3.63) is 26.3 Å². The summed E-state index contributed by atoms with van der Waals surface area (Å²) in [4.78, 5) is 3.43. The molecule has 4 heteroatoms. The summed E-state index contributed by atoms with van der Waals surface area (Å²) >= 11 is 7.12. The van der Waals surface area contributed by atoms with Crippen LogP contribution in [0, 0.1) is 6.92 Å². The van der Waals surface area contributed by atoms with Crippen molar-refractivity contribution in [2.24, 2.45) is 0 Å². The Hall–Kier alpha value is -0.480. The van der Waals surface area contributed by atoms with E-state index >= 15 is 0 Å². The molecule has 16 heavy (non-hydrogen) atoms. The maximum absolute atomic E-state index is 5.37. The third-order valence-electron chi connectivity index (χ3n) is 2.85. The molecule has 0 atom stereocenters. The minimum atomic E-state index is 0.845. The summed E-state index contributed by atoms with van der Waals surface area (Å²) in [5, 5.41) is 1.21. The zero-order valence-electron chi connectivity index (χ0n) is 9.45. The third-order valence-corrected chi connectivity index (χ3v) is 4.19. The van der Waals surface area contributed by atoms with Gasteiger partial charge in [-0.25, -0.2) is 0 Å². The van der Waals surface area contributed by atoms with Gasteiger partial charge < -0.3 is 9.72 Å². The van der Waals surface area contributed by atoms with Gasteiger partial charge >= 0.3 is 0 Å². The van der Waals surface area contributed by atoms with Gasteiger partial charge in [-0.05, 0) is 56.8 Å². The molecule has 0 unspecified atom stereocenters. The van der Waals surface area contributed by atoms with E-state index in [1.54, 1.807) is 7.11 Å². The van der Waals surface area contributed by atoms with Crippen LogP contribution in [0.1, 0.15) is 18.2 Å². The lowest BCUT2D eigenvalue weighted by Gasteiger charge is -2.07. The van der Waals surface area contributed by atoms with Gasteiger partial charge in [0.05, 0.1) is 16.1 Å². The highest BCUT2D eigenvalue weighted by Crippen LogP contribution is 2.41. The molecule has 0 aliphatic carbocycles. The smallest absolute Gasteiger partial charge is 0.147 e. The topological polar surface area (TPSA) is 25.0 Å². The Kier molecular flexibility index (Phi) is 3.31. The monoisotopic (exact) mass is 345 g/mol. The third kappa shape index (κ3) is 1.68. The first-order chi connectivity index (χ1) is 7.60. The first-order valence-electron chi connectivity index (χ1n) is 5.13. The van der Waals surface area contributed by atoms with Crippen LogP contribution >= 0.6 is 31.9 Å². The van der Waals surface area contributed by atoms with E-state index in [0.29, 0.717) is 0 Å². The fraction of sp³-hybridized carbons (Fsp3) is 0.333. The van der Waals surface area contributed by atoms with Gasteiger partial charge in [-0.3, -0.25) is 0 Å². The van der Waals surface area contributed by atoms with Crippen LogP contribution < -0.4 is 4.74 Å². The number of methoxy groups -OCH3 is 1. The van der Waals surface area contributed by atoms with Crippen LogP contribution in [0.4, 0.5) is 0 Å². The number of rotatable bonds is 2. The van der Waals surface area contributed by atoms with Gasteiger partial charge in [0.1, 0.15) is 5.75 Å². The Morgan fingerprint density at radius 3 is 2.62 bits per heavy atom. The van der Waals surface area contributed by atoms with Gasteiger partial charge in [0.25, 0.3) is 0 Å². The molecule has 0 saturated heterocycles. The van der Waals surface area contributed by atoms with Crippen LogP contribution in [0.3, 0.4) is 0 Å². The van der Waals surface area contributed by atoms with Gasteiger partial charge in [0.2, 0.25) is 0 Å². The van der Waals surface area contributed by atoms with Gasteiger partial charge in [-0.1, -0.05) is 6.92 Å². The number of nitrogens with one attached hydrogen (secondary N) is 1. The number of aryl methyl sites for hydroxylation is 2. The average molecular weight is 347 g/mol. The number of halogens is 2. The van der Waals surface area contributed by atoms with E-state index in [2.05, 4.69) is 56.8 Å². The molecular formula is C12H13Br2NO. The molecular weight excluding hydrogens is 334 g/mol. The molecule has 0 fully saturated rings. The van der Waals surface area contributed by atoms with E-state index in [4.69, 9.17) is 4.74 Å². The molecule has 1 N–H and O–H groups in total. The lowest BCUT2D eigenvalue weighted by atomic mass is 10.1. The number of aromatic nitrogens is 1. The van der Waals surface area contributed by atoms with Crippen molar-refractivity contribution in [1.29, 1.82) is 0 Å². The second kappa shape index (κ2) is 4.41. The summed E-state index contributed by atoms with van der Waals surface area (Å²) in [7, 11) is 1.68. The first kappa shape index (κ1) is 12.0. The molecule has 1 heterocycles. The molecule has 0 bridgehead atoms. The van der Waals surface area contributed by atoms with Crippen LogP contribution in [0.25, 0.3) is 10.9 Å². The SMILES string of the molecule is CCc1[nH]c2cc(Br)c(OC)c(Br)c2c1C. The highest BCUT2D eigenvalue weighted by molar-refractivity contribution is 9.11. The zero-order valence-corrected chi connectivity index (χ0v) is 12.6. The standard InChI is InChI=1S/C12H13Br2NO/c1-4-8-6(2)10-9(15-8)5-7(13)12(16-3)11(10)14/h5,15H,4H2,1-3H3. The Labute approximate surface area is 112 Å². The van der Waals surface area contributed by atoms with Crippen LogP contribution in [0.2, 0.25) is 0 Å². The zero-order chi connectivity index (χ0) is 11.9. The summed E-state index contributed by atoms with van der Waals surface area (Å²) < 4.78 is 7.34. The maximum Gasteiger partial charge on any atom is 0.147 e. The summed E-state index contributed by atoms with van der Waals surface area (Å²) in [6.07, 6.45) is 1.01. The van der Waals surface area contributed by atoms with Crippen LogP contribution in [0.5, 0.6) is 5.75 Å². The van der Waals surface area contributed by atoms with Gasteiger partial charge in [0.15, 0.2) is 0 Å². The molecule has 0 spiro atoms. The minimum absolute atomic E-state index is 0.845. The summed E-state index contributed by atoms with van der Waals surface area (Å²) in [5.41, 5.74) is 3.69. The Morgan fingerprint density at radius 1 is 1.38 bits per heavy atom. The maximum atomic E-state index is 5.37. The number of fused-ring (bicyclic) bond motifs is 1. The van der Waals surface area contributed by atoms with E-state index in [0.717, 1.165) is 26.6 Å². The molecule has 86 valence electrons. The molecule has 0 saturated carbocycles. The van der Waals surface area contributed by atoms with Gasteiger partial charge in [0, 0.05) is 16.6 Å². The van der Waals surface area contributed by atoms with E-state index in [1.807, 2.05) is 0 Å². The largest absolute Gasteiger partial charge is 0.494 e. The number of aromatic amines is 1. The molecule has 2 rings (SSSR count). The van der Waals surface area contributed by atoms with Crippen molar-refractivity contribution in [2.45, 2.75) is 20.3 Å². The second-order valence-electron chi connectivity index (χ2n) is 3.71. The number of H-pyrrole nitrogens is 1. The molecule has 1 aromatic heterocycles. The van der Waals surface area contributed by atoms with E-state index in [-0.39, 0.29) is 0 Å². The predicted molar refractivity (Wildman–Crippen MR) is 74.4 cm³/mol. The Bertz CT molecular complexity index is 546. The fourth-order valence-electron chi connectivity index (χ4n) is 2.01. The summed E-state index contributed by atoms with van der Waals surface area (Å²) in [6.45, 7) is 4.29. The molecule has 0 radical (unpaired) electrons. The highest BCUT2D eigenvalue weighted by atomic mass is 79.9. The lowest BCUT2D eigenvalue weighted by molar-refractivity contribution is 0.410. The average Bonchev–Trinajstić information content (AvgIpc) is 2.55. The fourth-order valence-corrected chi connectivity index (χ4v) is 3.76. The van der Waals surface area contributed by atoms with E-state index in [9.17, 15) is 0 Å². The Morgan fingerprint density at radius 2 is 2.06 bits per heavy atom. The van der Waals surface area contributed by atoms with Crippen molar-refractivity contribution in [2.75, 3.05) is 7.11 Å². The second-order valence-corrected chi connectivity index (χ2v) is 5.36. The number of benzene rings is 1. The molecule has 2 aromatic rings. The van der Waals surface area contributed by atoms with Crippen LogP contribution in [-0.4, -0.2) is 12.1 Å². The summed E-state index contributed by atoms with van der Waals surface area (Å²) in [5.74, 6) is 0.845. The molecule has 1 aromatic carbocycles. The van der Waals surface area contributed by atoms with Crippen LogP contribution in [0.15, 0.2) is 15.0 Å². The van der Waals surface area contributed by atoms with Crippen molar-refractivity contribution in [3.8, 4) is 5.75 Å². The van der Waals surface area contributed by atoms with Crippen molar-refractivity contribution < 1.29 is 4.74 Å². The number of ether oxygens (including phenoxy) is 1. The van der Waals surface area contributed by atoms with Gasteiger partial charge in [-0.2, -0.15) is 0 Å². The minimum Gasteiger partial charge on any atom is -0.494 e. The molecule has 0 aliphatic rings. The lowest BCUT2D eigenvalue weighted by Crippen LogP contribution is -1.87.